The van der Waals surface area contributed by atoms with E-state index in [0.29, 0.717) is 0 Å². The first kappa shape index (κ1) is 11.9. The number of rotatable bonds is 3. The van der Waals surface area contributed by atoms with Crippen LogP contribution in [0.25, 0.3) is 11.3 Å². The number of aromatic nitrogens is 2. The third-order valence-electron chi connectivity index (χ3n) is 4.42. The maximum atomic E-state index is 8.83. The molecule has 0 saturated heterocycles. The second kappa shape index (κ2) is 6.38. The molecule has 1 saturated carbocycles. The summed E-state index contributed by atoms with van der Waals surface area (Å²) in [5, 5.41) is 0. The molecule has 1 aliphatic carbocycles. The van der Waals surface area contributed by atoms with E-state index in [-0.39, 0.29) is 5.92 Å². The van der Waals surface area contributed by atoms with Crippen LogP contribution in [0.5, 0.6) is 0 Å². The largest absolute Gasteiger partial charge is 0.286 e. The van der Waals surface area contributed by atoms with Crippen molar-refractivity contribution in [1.82, 2.24) is 4.98 Å². The van der Waals surface area contributed by atoms with Gasteiger partial charge in [0, 0.05) is 13.9 Å². The second-order valence-electron chi connectivity index (χ2n) is 6.06. The van der Waals surface area contributed by atoms with Crippen molar-refractivity contribution >= 4 is 0 Å². The van der Waals surface area contributed by atoms with Crippen molar-refractivity contribution in [2.75, 3.05) is 0 Å². The van der Waals surface area contributed by atoms with Crippen molar-refractivity contribution in [1.29, 1.82) is 0 Å². The number of hydrogen-bond acceptors (Lipinski definition) is 1. The smallest absolute Gasteiger partial charge is 0.232 e. The lowest BCUT2D eigenvalue weighted by Gasteiger charge is -2.22. The Balaban J connectivity index is 2.13. The van der Waals surface area contributed by atoms with Crippen LogP contribution in [0, 0.1) is 12.8 Å². The molecule has 1 fully saturated rings. The van der Waals surface area contributed by atoms with Crippen molar-refractivity contribution in [3.63, 3.8) is 0 Å². The zero-order valence-corrected chi connectivity index (χ0v) is 13.0. The SMILES string of the molecule is [2H]C([2H])(c1cnc[n+](C)c1-c1ccccc1C)C1CCCCC1. The van der Waals surface area contributed by atoms with Gasteiger partial charge in [-0.25, -0.2) is 4.57 Å². The molecule has 1 aromatic carbocycles. The average molecular weight is 283 g/mol. The van der Waals surface area contributed by atoms with Gasteiger partial charge >= 0.3 is 0 Å². The summed E-state index contributed by atoms with van der Waals surface area (Å²) in [5.74, 6) is 0.0863. The van der Waals surface area contributed by atoms with Gasteiger partial charge in [0.1, 0.15) is 11.9 Å². The van der Waals surface area contributed by atoms with E-state index in [1.807, 2.05) is 23.7 Å². The highest BCUT2D eigenvalue weighted by molar-refractivity contribution is 5.63. The van der Waals surface area contributed by atoms with Crippen molar-refractivity contribution in [2.24, 2.45) is 13.0 Å². The van der Waals surface area contributed by atoms with Crippen LogP contribution in [0.15, 0.2) is 36.8 Å². The van der Waals surface area contributed by atoms with Crippen LogP contribution >= 0.6 is 0 Å². The number of nitrogens with zero attached hydrogens (tertiary/aromatic N) is 2. The summed E-state index contributed by atoms with van der Waals surface area (Å²) in [6.07, 6.45) is 7.60. The second-order valence-corrected chi connectivity index (χ2v) is 6.06. The average Bonchev–Trinajstić information content (AvgIpc) is 2.56. The Kier molecular flexibility index (Phi) is 3.62. The van der Waals surface area contributed by atoms with E-state index in [4.69, 9.17) is 2.74 Å². The summed E-state index contributed by atoms with van der Waals surface area (Å²) in [5.41, 5.74) is 3.93. The van der Waals surface area contributed by atoms with Gasteiger partial charge in [0.25, 0.3) is 6.33 Å². The van der Waals surface area contributed by atoms with E-state index in [1.54, 1.807) is 12.5 Å². The Bertz CT molecular complexity index is 692. The van der Waals surface area contributed by atoms with Crippen LogP contribution in [-0.4, -0.2) is 4.98 Å². The van der Waals surface area contributed by atoms with Gasteiger partial charge in [-0.3, -0.25) is 0 Å². The molecule has 0 amide bonds. The maximum absolute atomic E-state index is 8.83. The molecule has 0 aliphatic heterocycles. The molecule has 2 nitrogen and oxygen atoms in total. The predicted molar refractivity (Wildman–Crippen MR) is 85.9 cm³/mol. The summed E-state index contributed by atoms with van der Waals surface area (Å²) in [6, 6.07) is 8.19. The predicted octanol–water partition coefficient (Wildman–Crippen LogP) is 4.00. The maximum Gasteiger partial charge on any atom is 0.286 e. The highest BCUT2D eigenvalue weighted by atomic mass is 15.0. The van der Waals surface area contributed by atoms with Crippen LogP contribution in [0.4, 0.5) is 0 Å². The highest BCUT2D eigenvalue weighted by Gasteiger charge is 2.21. The molecule has 2 heteroatoms. The van der Waals surface area contributed by atoms with Gasteiger partial charge < -0.3 is 0 Å². The minimum Gasteiger partial charge on any atom is -0.232 e. The molecule has 0 atom stereocenters. The lowest BCUT2D eigenvalue weighted by molar-refractivity contribution is -0.663. The fourth-order valence-corrected chi connectivity index (χ4v) is 3.26. The molecular formula is C19H25N2+. The monoisotopic (exact) mass is 283 g/mol. The van der Waals surface area contributed by atoms with E-state index in [2.05, 4.69) is 24.0 Å². The van der Waals surface area contributed by atoms with Crippen LogP contribution in [0.2, 0.25) is 0 Å². The number of benzene rings is 1. The lowest BCUT2D eigenvalue weighted by Crippen LogP contribution is -2.33. The van der Waals surface area contributed by atoms with Crippen molar-refractivity contribution in [3.05, 3.63) is 47.9 Å². The summed E-state index contributed by atoms with van der Waals surface area (Å²) in [7, 11) is 1.95. The molecule has 110 valence electrons. The summed E-state index contributed by atoms with van der Waals surface area (Å²) >= 11 is 0. The molecule has 0 bridgehead atoms. The Labute approximate surface area is 130 Å². The molecule has 21 heavy (non-hydrogen) atoms. The van der Waals surface area contributed by atoms with Crippen LogP contribution < -0.4 is 4.57 Å². The highest BCUT2D eigenvalue weighted by Crippen LogP contribution is 2.30. The van der Waals surface area contributed by atoms with Gasteiger partial charge in [0.15, 0.2) is 0 Å². The number of aryl methyl sites for hydroxylation is 2. The normalized spacial score (nSPS) is 18.2. The van der Waals surface area contributed by atoms with E-state index in [0.717, 1.165) is 48.1 Å². The molecular weight excluding hydrogens is 256 g/mol. The number of hydrogen-bond donors (Lipinski definition) is 0. The van der Waals surface area contributed by atoms with Gasteiger partial charge in [0.05, 0.1) is 7.05 Å². The fraction of sp³-hybridized carbons (Fsp3) is 0.474. The van der Waals surface area contributed by atoms with Crippen LogP contribution in [-0.2, 0) is 13.4 Å². The first-order valence-electron chi connectivity index (χ1n) is 8.92. The molecule has 0 spiro atoms. The Morgan fingerprint density at radius 1 is 1.24 bits per heavy atom. The van der Waals surface area contributed by atoms with E-state index < -0.39 is 6.37 Å². The topological polar surface area (TPSA) is 16.8 Å². The van der Waals surface area contributed by atoms with Gasteiger partial charge in [-0.1, -0.05) is 61.4 Å². The standard InChI is InChI=1S/C19H25N2/c1-15-8-6-7-11-18(15)19-17(13-20-14-21(19)2)12-16-9-4-3-5-10-16/h6-8,11,13-14,16H,3-5,9-10,12H2,1-2H3/q+1/i12D2. The first-order chi connectivity index (χ1) is 11.0. The third kappa shape index (κ3) is 3.15. The van der Waals surface area contributed by atoms with Gasteiger partial charge in [-0.2, -0.15) is 0 Å². The van der Waals surface area contributed by atoms with Gasteiger partial charge in [-0.05, 0) is 24.8 Å². The van der Waals surface area contributed by atoms with E-state index in [9.17, 15) is 0 Å². The molecule has 1 heterocycles. The summed E-state index contributed by atoms with van der Waals surface area (Å²) in [6.45, 7) is 2.08. The van der Waals surface area contributed by atoms with Gasteiger partial charge in [0.2, 0.25) is 0 Å². The quantitative estimate of drug-likeness (QED) is 0.778. The van der Waals surface area contributed by atoms with Crippen LogP contribution in [0.1, 0.15) is 46.0 Å². The third-order valence-corrected chi connectivity index (χ3v) is 4.42. The molecule has 0 radical (unpaired) electrons. The minimum atomic E-state index is -1.34. The Morgan fingerprint density at radius 2 is 2.00 bits per heavy atom. The molecule has 1 aliphatic rings. The summed E-state index contributed by atoms with van der Waals surface area (Å²) < 4.78 is 19.6. The molecule has 0 unspecified atom stereocenters. The van der Waals surface area contributed by atoms with Crippen molar-refractivity contribution < 1.29 is 7.31 Å². The Morgan fingerprint density at radius 3 is 2.76 bits per heavy atom. The van der Waals surface area contributed by atoms with E-state index in [1.165, 1.54) is 6.42 Å². The van der Waals surface area contributed by atoms with Crippen LogP contribution in [0.3, 0.4) is 0 Å². The zero-order valence-electron chi connectivity index (χ0n) is 15.0. The van der Waals surface area contributed by atoms with Gasteiger partial charge in [-0.15, -0.1) is 0 Å². The molecule has 2 aromatic rings. The fourth-order valence-electron chi connectivity index (χ4n) is 3.26. The van der Waals surface area contributed by atoms with Crippen molar-refractivity contribution in [2.45, 2.75) is 45.4 Å². The summed E-state index contributed by atoms with van der Waals surface area (Å²) in [4.78, 5) is 4.28. The Hall–Kier alpha value is -1.70. The van der Waals surface area contributed by atoms with Crippen molar-refractivity contribution in [3.8, 4) is 11.3 Å². The minimum absolute atomic E-state index is 0.0863. The molecule has 0 N–H and O–H groups in total. The van der Waals surface area contributed by atoms with E-state index >= 15 is 0 Å². The molecule has 1 aromatic heterocycles. The molecule has 3 rings (SSSR count). The first-order valence-corrected chi connectivity index (χ1v) is 7.92. The zero-order chi connectivity index (χ0) is 16.4. The lowest BCUT2D eigenvalue weighted by atomic mass is 9.84.